The molecule has 0 bridgehead atoms. The topological polar surface area (TPSA) is 58.4 Å². The second kappa shape index (κ2) is 7.65. The Morgan fingerprint density at radius 2 is 2.07 bits per heavy atom. The van der Waals surface area contributed by atoms with E-state index >= 15 is 0 Å². The van der Waals surface area contributed by atoms with E-state index in [4.69, 9.17) is 5.73 Å². The van der Waals surface area contributed by atoms with Crippen molar-refractivity contribution in [1.29, 1.82) is 0 Å². The summed E-state index contributed by atoms with van der Waals surface area (Å²) in [6.07, 6.45) is 2.12. The van der Waals surface area contributed by atoms with Crippen LogP contribution in [0, 0.1) is 0 Å². The van der Waals surface area contributed by atoms with Crippen molar-refractivity contribution in [3.05, 3.63) is 0 Å². The van der Waals surface area contributed by atoms with E-state index in [9.17, 15) is 4.79 Å². The van der Waals surface area contributed by atoms with Gasteiger partial charge in [-0.15, -0.1) is 0 Å². The first-order valence-electron chi connectivity index (χ1n) is 5.69. The number of rotatable bonds is 7. The van der Waals surface area contributed by atoms with Crippen molar-refractivity contribution in [2.24, 2.45) is 5.73 Å². The molecular formula is C11H25N3O. The molecule has 0 rings (SSSR count). The second-order valence-electron chi connectivity index (χ2n) is 4.43. The lowest BCUT2D eigenvalue weighted by molar-refractivity contribution is -0.122. The van der Waals surface area contributed by atoms with Crippen molar-refractivity contribution in [2.45, 2.75) is 45.7 Å². The maximum absolute atomic E-state index is 11.5. The summed E-state index contributed by atoms with van der Waals surface area (Å²) < 4.78 is 0. The third-order valence-corrected chi connectivity index (χ3v) is 2.14. The van der Waals surface area contributed by atoms with Crippen LogP contribution in [0.15, 0.2) is 0 Å². The molecule has 0 spiro atoms. The van der Waals surface area contributed by atoms with Crippen LogP contribution in [0.25, 0.3) is 0 Å². The molecule has 0 radical (unpaired) electrons. The number of hydrogen-bond donors (Lipinski definition) is 2. The minimum absolute atomic E-state index is 0.0825. The average molecular weight is 215 g/mol. The monoisotopic (exact) mass is 215 g/mol. The Bertz CT molecular complexity index is 183. The largest absolute Gasteiger partial charge is 0.353 e. The zero-order valence-electron chi connectivity index (χ0n) is 10.4. The van der Waals surface area contributed by atoms with E-state index in [-0.39, 0.29) is 18.0 Å². The van der Waals surface area contributed by atoms with Gasteiger partial charge in [0, 0.05) is 18.6 Å². The van der Waals surface area contributed by atoms with Crippen molar-refractivity contribution < 1.29 is 4.79 Å². The molecule has 0 fully saturated rings. The molecule has 0 heterocycles. The first-order valence-corrected chi connectivity index (χ1v) is 5.69. The van der Waals surface area contributed by atoms with Crippen molar-refractivity contribution in [1.82, 2.24) is 10.2 Å². The maximum Gasteiger partial charge on any atom is 0.234 e. The number of nitrogens with two attached hydrogens (primary N) is 1. The Labute approximate surface area is 93.2 Å². The highest BCUT2D eigenvalue weighted by atomic mass is 16.2. The highest BCUT2D eigenvalue weighted by molar-refractivity contribution is 5.78. The van der Waals surface area contributed by atoms with Crippen molar-refractivity contribution in [3.63, 3.8) is 0 Å². The molecule has 0 aromatic carbocycles. The van der Waals surface area contributed by atoms with Gasteiger partial charge in [0.2, 0.25) is 5.91 Å². The highest BCUT2D eigenvalue weighted by Gasteiger charge is 2.10. The average Bonchev–Trinajstić information content (AvgIpc) is 2.00. The number of carbonyl (C=O) groups is 1. The smallest absolute Gasteiger partial charge is 0.234 e. The fraction of sp³-hybridized carbons (Fsp3) is 0.909. The minimum atomic E-state index is 0.0825. The first kappa shape index (κ1) is 14.4. The van der Waals surface area contributed by atoms with E-state index in [1.807, 2.05) is 25.8 Å². The molecule has 0 aliphatic heterocycles. The number of nitrogens with one attached hydrogen (secondary N) is 1. The third kappa shape index (κ3) is 8.39. The summed E-state index contributed by atoms with van der Waals surface area (Å²) in [5.74, 6) is 0.0825. The van der Waals surface area contributed by atoms with E-state index < -0.39 is 0 Å². The molecule has 4 heteroatoms. The predicted octanol–water partition coefficient (Wildman–Crippen LogP) is 0.570. The molecule has 0 aromatic heterocycles. The number of amides is 1. The van der Waals surface area contributed by atoms with Crippen LogP contribution < -0.4 is 11.1 Å². The number of likely N-dealkylation sites (N-methyl/N-ethyl adjacent to an activating group) is 1. The molecule has 15 heavy (non-hydrogen) atoms. The van der Waals surface area contributed by atoms with Crippen molar-refractivity contribution >= 4 is 5.91 Å². The molecule has 0 saturated heterocycles. The molecule has 0 aliphatic carbocycles. The Morgan fingerprint density at radius 1 is 1.47 bits per heavy atom. The summed E-state index contributed by atoms with van der Waals surface area (Å²) in [5, 5.41) is 2.96. The molecule has 2 unspecified atom stereocenters. The molecule has 0 aliphatic rings. The highest BCUT2D eigenvalue weighted by Crippen LogP contribution is 1.95. The lowest BCUT2D eigenvalue weighted by atomic mass is 10.2. The quantitative estimate of drug-likeness (QED) is 0.653. The molecule has 4 nitrogen and oxygen atoms in total. The summed E-state index contributed by atoms with van der Waals surface area (Å²) >= 11 is 0. The fourth-order valence-electron chi connectivity index (χ4n) is 1.63. The fourth-order valence-corrected chi connectivity index (χ4v) is 1.63. The van der Waals surface area contributed by atoms with Crippen LogP contribution in [-0.2, 0) is 4.79 Å². The predicted molar refractivity (Wildman–Crippen MR) is 63.7 cm³/mol. The van der Waals surface area contributed by atoms with Crippen LogP contribution in [0.1, 0.15) is 33.6 Å². The Kier molecular flexibility index (Phi) is 7.34. The van der Waals surface area contributed by atoms with Gasteiger partial charge in [0.1, 0.15) is 0 Å². The third-order valence-electron chi connectivity index (χ3n) is 2.14. The summed E-state index contributed by atoms with van der Waals surface area (Å²) in [6.45, 7) is 7.26. The van der Waals surface area contributed by atoms with Crippen LogP contribution in [-0.4, -0.2) is 43.0 Å². The number of carbonyl (C=O) groups excluding carboxylic acids is 1. The molecule has 2 atom stereocenters. The van der Waals surface area contributed by atoms with Crippen LogP contribution in [0.4, 0.5) is 0 Å². The number of hydrogen-bond acceptors (Lipinski definition) is 3. The SMILES string of the molecule is CCCC(C)NC(=O)CN(C)CC(C)N. The van der Waals surface area contributed by atoms with Gasteiger partial charge >= 0.3 is 0 Å². The van der Waals surface area contributed by atoms with E-state index in [0.29, 0.717) is 6.54 Å². The number of nitrogens with zero attached hydrogens (tertiary/aromatic N) is 1. The van der Waals surface area contributed by atoms with Gasteiger partial charge < -0.3 is 11.1 Å². The molecular weight excluding hydrogens is 190 g/mol. The second-order valence-corrected chi connectivity index (χ2v) is 4.43. The molecule has 3 N–H and O–H groups in total. The van der Waals surface area contributed by atoms with Crippen LogP contribution in [0.2, 0.25) is 0 Å². The van der Waals surface area contributed by atoms with Gasteiger partial charge in [-0.2, -0.15) is 0 Å². The van der Waals surface area contributed by atoms with E-state index in [1.54, 1.807) is 0 Å². The van der Waals surface area contributed by atoms with Crippen molar-refractivity contribution in [2.75, 3.05) is 20.1 Å². The molecule has 1 amide bonds. The lowest BCUT2D eigenvalue weighted by Crippen LogP contribution is -2.42. The minimum Gasteiger partial charge on any atom is -0.353 e. The Hall–Kier alpha value is -0.610. The molecule has 0 aromatic rings. The summed E-state index contributed by atoms with van der Waals surface area (Å²) in [7, 11) is 1.91. The first-order chi connectivity index (χ1) is 6.95. The van der Waals surface area contributed by atoms with Gasteiger partial charge in [-0.25, -0.2) is 0 Å². The van der Waals surface area contributed by atoms with Gasteiger partial charge in [0.25, 0.3) is 0 Å². The van der Waals surface area contributed by atoms with Crippen molar-refractivity contribution in [3.8, 4) is 0 Å². The summed E-state index contributed by atoms with van der Waals surface area (Å²) in [6, 6.07) is 0.377. The van der Waals surface area contributed by atoms with E-state index in [2.05, 4.69) is 12.2 Å². The maximum atomic E-state index is 11.5. The van der Waals surface area contributed by atoms with E-state index in [1.165, 1.54) is 0 Å². The van der Waals surface area contributed by atoms with Gasteiger partial charge in [-0.3, -0.25) is 9.69 Å². The zero-order valence-corrected chi connectivity index (χ0v) is 10.4. The normalized spacial score (nSPS) is 15.1. The summed E-state index contributed by atoms with van der Waals surface area (Å²) in [4.78, 5) is 13.5. The van der Waals surface area contributed by atoms with Gasteiger partial charge in [0.15, 0.2) is 0 Å². The molecule has 0 saturated carbocycles. The summed E-state index contributed by atoms with van der Waals surface area (Å²) in [5.41, 5.74) is 5.64. The van der Waals surface area contributed by atoms with Gasteiger partial charge in [-0.05, 0) is 27.3 Å². The van der Waals surface area contributed by atoms with Crippen LogP contribution in [0.3, 0.4) is 0 Å². The standard InChI is InChI=1S/C11H25N3O/c1-5-6-10(3)13-11(15)8-14(4)7-9(2)12/h9-10H,5-8,12H2,1-4H3,(H,13,15). The van der Waals surface area contributed by atoms with E-state index in [0.717, 1.165) is 19.4 Å². The Balaban J connectivity index is 3.72. The lowest BCUT2D eigenvalue weighted by Gasteiger charge is -2.20. The van der Waals surface area contributed by atoms with Gasteiger partial charge in [-0.1, -0.05) is 13.3 Å². The van der Waals surface area contributed by atoms with Crippen LogP contribution >= 0.6 is 0 Å². The molecule has 90 valence electrons. The van der Waals surface area contributed by atoms with Crippen LogP contribution in [0.5, 0.6) is 0 Å². The van der Waals surface area contributed by atoms with Gasteiger partial charge in [0.05, 0.1) is 6.54 Å². The zero-order chi connectivity index (χ0) is 11.8. The Morgan fingerprint density at radius 3 is 2.53 bits per heavy atom.